The molecule has 1 aromatic carbocycles. The van der Waals surface area contributed by atoms with E-state index in [1.807, 2.05) is 37.3 Å². The number of nitrogens with zero attached hydrogens (tertiary/aromatic N) is 1. The molecule has 0 saturated carbocycles. The Balaban J connectivity index is 2.28. The lowest BCUT2D eigenvalue weighted by Gasteiger charge is -2.15. The summed E-state index contributed by atoms with van der Waals surface area (Å²) in [4.78, 5) is 16.0. The van der Waals surface area contributed by atoms with Crippen molar-refractivity contribution in [2.45, 2.75) is 12.5 Å². The summed E-state index contributed by atoms with van der Waals surface area (Å²) in [6.45, 7) is 1.81. The van der Waals surface area contributed by atoms with Crippen molar-refractivity contribution in [1.29, 1.82) is 0 Å². The van der Waals surface area contributed by atoms with Gasteiger partial charge in [0.2, 0.25) is 0 Å². The predicted molar refractivity (Wildman–Crippen MR) is 65.9 cm³/mol. The van der Waals surface area contributed by atoms with Crippen LogP contribution in [0, 0.1) is 0 Å². The molecule has 1 aliphatic heterocycles. The van der Waals surface area contributed by atoms with Crippen molar-refractivity contribution in [1.82, 2.24) is 0 Å². The van der Waals surface area contributed by atoms with Gasteiger partial charge in [0.15, 0.2) is 5.54 Å². The Kier molecular flexibility index (Phi) is 3.01. The summed E-state index contributed by atoms with van der Waals surface area (Å²) in [5.41, 5.74) is 0.324. The number of hydrogen-bond acceptors (Lipinski definition) is 4. The lowest BCUT2D eigenvalue weighted by molar-refractivity contribution is -0.145. The van der Waals surface area contributed by atoms with E-state index in [2.05, 4.69) is 4.99 Å². The van der Waals surface area contributed by atoms with E-state index < -0.39 is 5.54 Å². The Bertz CT molecular complexity index is 430. The first-order valence-corrected chi connectivity index (χ1v) is 6.01. The minimum atomic E-state index is -0.732. The number of carbonyl (C=O) groups is 1. The van der Waals surface area contributed by atoms with Gasteiger partial charge in [0.25, 0.3) is 0 Å². The second-order valence-electron chi connectivity index (χ2n) is 3.84. The topological polar surface area (TPSA) is 38.7 Å². The van der Waals surface area contributed by atoms with E-state index >= 15 is 0 Å². The van der Waals surface area contributed by atoms with E-state index in [1.165, 1.54) is 7.11 Å². The van der Waals surface area contributed by atoms with Gasteiger partial charge < -0.3 is 4.74 Å². The Morgan fingerprint density at radius 3 is 2.75 bits per heavy atom. The molecule has 0 N–H and O–H groups in total. The molecule has 0 bridgehead atoms. The third-order valence-corrected chi connectivity index (χ3v) is 3.79. The summed E-state index contributed by atoms with van der Waals surface area (Å²) >= 11 is 1.60. The zero-order chi connectivity index (χ0) is 11.6. The van der Waals surface area contributed by atoms with Crippen LogP contribution in [0.3, 0.4) is 0 Å². The van der Waals surface area contributed by atoms with Crippen LogP contribution in [0.1, 0.15) is 12.5 Å². The first kappa shape index (κ1) is 11.2. The Morgan fingerprint density at radius 1 is 1.44 bits per heavy atom. The second-order valence-corrected chi connectivity index (χ2v) is 4.80. The number of ether oxygens (including phenoxy) is 1. The van der Waals surface area contributed by atoms with Crippen LogP contribution in [0.15, 0.2) is 35.3 Å². The molecular weight excluding hydrogens is 222 g/mol. The van der Waals surface area contributed by atoms with Gasteiger partial charge in [-0.05, 0) is 6.92 Å². The van der Waals surface area contributed by atoms with E-state index in [0.29, 0.717) is 5.75 Å². The minimum Gasteiger partial charge on any atom is -0.467 e. The standard InChI is InChI=1S/C12H13NO2S/c1-12(11(14)15-2)8-16-10(13-12)9-6-4-3-5-7-9/h3-7H,8H2,1-2H3/t12-/m0/s1. The first-order valence-electron chi connectivity index (χ1n) is 5.02. The van der Waals surface area contributed by atoms with Gasteiger partial charge in [0.1, 0.15) is 0 Å². The molecule has 0 unspecified atom stereocenters. The largest absolute Gasteiger partial charge is 0.467 e. The van der Waals surface area contributed by atoms with E-state index in [-0.39, 0.29) is 5.97 Å². The van der Waals surface area contributed by atoms with Crippen LogP contribution in [0.25, 0.3) is 0 Å². The fourth-order valence-corrected chi connectivity index (χ4v) is 2.72. The molecule has 0 fully saturated rings. The molecule has 1 atom stereocenters. The lowest BCUT2D eigenvalue weighted by atomic mass is 10.1. The Labute approximate surface area is 98.9 Å². The van der Waals surface area contributed by atoms with Crippen LogP contribution >= 0.6 is 11.8 Å². The molecule has 1 aliphatic rings. The summed E-state index contributed by atoms with van der Waals surface area (Å²) in [5, 5.41) is 0.911. The average Bonchev–Trinajstić information content (AvgIpc) is 2.73. The Hall–Kier alpha value is -1.29. The highest BCUT2D eigenvalue weighted by Gasteiger charge is 2.39. The number of rotatable bonds is 2. The molecule has 4 heteroatoms. The number of esters is 1. The molecule has 0 radical (unpaired) electrons. The minimum absolute atomic E-state index is 0.272. The second kappa shape index (κ2) is 4.29. The van der Waals surface area contributed by atoms with Crippen LogP contribution in [-0.2, 0) is 9.53 Å². The molecular formula is C12H13NO2S. The molecule has 16 heavy (non-hydrogen) atoms. The molecule has 1 aromatic rings. The van der Waals surface area contributed by atoms with Crippen LogP contribution in [0.4, 0.5) is 0 Å². The number of thioether (sulfide) groups is 1. The smallest absolute Gasteiger partial charge is 0.334 e. The van der Waals surface area contributed by atoms with Crippen molar-refractivity contribution in [2.24, 2.45) is 4.99 Å². The zero-order valence-electron chi connectivity index (χ0n) is 9.27. The summed E-state index contributed by atoms with van der Waals surface area (Å²) in [6, 6.07) is 9.88. The zero-order valence-corrected chi connectivity index (χ0v) is 10.1. The van der Waals surface area contributed by atoms with Crippen molar-refractivity contribution in [3.05, 3.63) is 35.9 Å². The van der Waals surface area contributed by atoms with E-state index in [0.717, 1.165) is 10.6 Å². The Morgan fingerprint density at radius 2 is 2.12 bits per heavy atom. The highest BCUT2D eigenvalue weighted by Crippen LogP contribution is 2.31. The van der Waals surface area contributed by atoms with Gasteiger partial charge in [-0.25, -0.2) is 4.79 Å². The van der Waals surface area contributed by atoms with Crippen molar-refractivity contribution >= 4 is 22.8 Å². The molecule has 0 aliphatic carbocycles. The van der Waals surface area contributed by atoms with Crippen LogP contribution in [-0.4, -0.2) is 29.4 Å². The van der Waals surface area contributed by atoms with Crippen molar-refractivity contribution in [2.75, 3.05) is 12.9 Å². The number of carbonyl (C=O) groups excluding carboxylic acids is 1. The van der Waals surface area contributed by atoms with E-state index in [4.69, 9.17) is 4.74 Å². The maximum Gasteiger partial charge on any atom is 0.334 e. The van der Waals surface area contributed by atoms with Gasteiger partial charge in [-0.3, -0.25) is 4.99 Å². The summed E-state index contributed by atoms with van der Waals surface area (Å²) in [6.07, 6.45) is 0. The van der Waals surface area contributed by atoms with Gasteiger partial charge in [0.05, 0.1) is 12.2 Å². The molecule has 0 spiro atoms. The summed E-state index contributed by atoms with van der Waals surface area (Å²) in [7, 11) is 1.40. The van der Waals surface area contributed by atoms with Gasteiger partial charge in [-0.1, -0.05) is 30.3 Å². The van der Waals surface area contributed by atoms with Crippen LogP contribution in [0.2, 0.25) is 0 Å². The van der Waals surface area contributed by atoms with Crippen molar-refractivity contribution in [3.8, 4) is 0 Å². The molecule has 1 heterocycles. The highest BCUT2D eigenvalue weighted by atomic mass is 32.2. The van der Waals surface area contributed by atoms with Crippen molar-refractivity contribution < 1.29 is 9.53 Å². The first-order chi connectivity index (χ1) is 7.65. The number of hydrogen-bond donors (Lipinski definition) is 0. The normalized spacial score (nSPS) is 24.0. The third-order valence-electron chi connectivity index (χ3n) is 2.48. The maximum atomic E-state index is 11.6. The van der Waals surface area contributed by atoms with Crippen molar-refractivity contribution in [3.63, 3.8) is 0 Å². The molecule has 0 amide bonds. The number of methoxy groups -OCH3 is 1. The number of aliphatic imine (C=N–C) groups is 1. The summed E-state index contributed by atoms with van der Waals surface area (Å²) < 4.78 is 4.76. The molecule has 0 saturated heterocycles. The third kappa shape index (κ3) is 1.97. The fourth-order valence-electron chi connectivity index (χ4n) is 1.55. The fraction of sp³-hybridized carbons (Fsp3) is 0.333. The molecule has 0 aromatic heterocycles. The molecule has 3 nitrogen and oxygen atoms in total. The van der Waals surface area contributed by atoms with Crippen LogP contribution < -0.4 is 0 Å². The maximum absolute atomic E-state index is 11.6. The van der Waals surface area contributed by atoms with Crippen LogP contribution in [0.5, 0.6) is 0 Å². The summed E-state index contributed by atoms with van der Waals surface area (Å²) in [5.74, 6) is 0.370. The monoisotopic (exact) mass is 235 g/mol. The van der Waals surface area contributed by atoms with Gasteiger partial charge in [0, 0.05) is 11.3 Å². The predicted octanol–water partition coefficient (Wildman–Crippen LogP) is 2.11. The quantitative estimate of drug-likeness (QED) is 0.737. The lowest BCUT2D eigenvalue weighted by Crippen LogP contribution is -2.34. The molecule has 2 rings (SSSR count). The average molecular weight is 235 g/mol. The van der Waals surface area contributed by atoms with Gasteiger partial charge >= 0.3 is 5.97 Å². The molecule has 84 valence electrons. The van der Waals surface area contributed by atoms with Gasteiger partial charge in [-0.15, -0.1) is 11.8 Å². The SMILES string of the molecule is COC(=O)[C@]1(C)CSC(c2ccccc2)=N1. The number of benzene rings is 1. The van der Waals surface area contributed by atoms with Gasteiger partial charge in [-0.2, -0.15) is 0 Å². The highest BCUT2D eigenvalue weighted by molar-refractivity contribution is 8.14. The van der Waals surface area contributed by atoms with E-state index in [9.17, 15) is 4.79 Å². The van der Waals surface area contributed by atoms with E-state index in [1.54, 1.807) is 11.8 Å².